The molecule has 2 atom stereocenters. The number of halogens is 1. The van der Waals surface area contributed by atoms with Crippen molar-refractivity contribution in [3.8, 4) is 11.3 Å². The van der Waals surface area contributed by atoms with E-state index in [9.17, 15) is 9.59 Å². The lowest BCUT2D eigenvalue weighted by Crippen LogP contribution is -2.49. The Hall–Kier alpha value is -2.95. The average molecular weight is 545 g/mol. The van der Waals surface area contributed by atoms with Gasteiger partial charge >= 0.3 is 6.09 Å². The predicted molar refractivity (Wildman–Crippen MR) is 128 cm³/mol. The summed E-state index contributed by atoms with van der Waals surface area (Å²) in [5.41, 5.74) is 2.81. The van der Waals surface area contributed by atoms with Crippen molar-refractivity contribution in [1.29, 1.82) is 0 Å². The number of methoxy groups -OCH3 is 1. The number of amides is 2. The van der Waals surface area contributed by atoms with Gasteiger partial charge in [-0.05, 0) is 64.8 Å². The first-order valence-corrected chi connectivity index (χ1v) is 11.5. The summed E-state index contributed by atoms with van der Waals surface area (Å²) in [6, 6.07) is 10.9. The summed E-state index contributed by atoms with van der Waals surface area (Å²) in [4.78, 5) is 39.3. The third-order valence-corrected chi connectivity index (χ3v) is 6.26. The van der Waals surface area contributed by atoms with Gasteiger partial charge in [0, 0.05) is 28.9 Å². The van der Waals surface area contributed by atoms with E-state index < -0.39 is 12.1 Å². The minimum atomic E-state index is -0.752. The van der Waals surface area contributed by atoms with Gasteiger partial charge < -0.3 is 19.9 Å². The average Bonchev–Trinajstić information content (AvgIpc) is 3.49. The molecule has 1 fully saturated rings. The molecule has 1 saturated heterocycles. The number of carbonyl (C=O) groups excluding carboxylic acids is 2. The summed E-state index contributed by atoms with van der Waals surface area (Å²) < 4.78 is 5.91. The molecule has 0 spiro atoms. The number of pyridine rings is 1. The van der Waals surface area contributed by atoms with Gasteiger partial charge in [0.05, 0.1) is 25.0 Å². The first-order chi connectivity index (χ1) is 15.5. The molecule has 3 aromatic rings. The Morgan fingerprint density at radius 2 is 2.09 bits per heavy atom. The molecule has 0 aliphatic carbocycles. The molecule has 2 amide bonds. The molecule has 0 unspecified atom stereocenters. The maximum Gasteiger partial charge on any atom is 0.407 e. The highest BCUT2D eigenvalue weighted by atomic mass is 127. The number of nitrogens with zero attached hydrogens (tertiary/aromatic N) is 3. The van der Waals surface area contributed by atoms with Crippen molar-refractivity contribution in [1.82, 2.24) is 25.2 Å². The van der Waals surface area contributed by atoms with E-state index >= 15 is 0 Å². The van der Waals surface area contributed by atoms with Gasteiger partial charge in [-0.1, -0.05) is 18.2 Å². The maximum absolute atomic E-state index is 13.5. The molecule has 1 aromatic carbocycles. The van der Waals surface area contributed by atoms with E-state index in [0.29, 0.717) is 13.0 Å². The van der Waals surface area contributed by atoms with Gasteiger partial charge in [0.25, 0.3) is 0 Å². The molecule has 9 heteroatoms. The number of imidazole rings is 1. The van der Waals surface area contributed by atoms with Crippen molar-refractivity contribution >= 4 is 34.6 Å². The first-order valence-electron chi connectivity index (χ1n) is 10.4. The second-order valence-electron chi connectivity index (χ2n) is 7.63. The van der Waals surface area contributed by atoms with Crippen LogP contribution in [-0.4, -0.2) is 51.5 Å². The molecule has 4 rings (SSSR count). The fourth-order valence-corrected chi connectivity index (χ4v) is 4.31. The molecule has 32 heavy (non-hydrogen) atoms. The fourth-order valence-electron chi connectivity index (χ4n) is 3.95. The Balaban J connectivity index is 1.54. The Bertz CT molecular complexity index is 1070. The third kappa shape index (κ3) is 5.09. The molecular formula is C23H24IN5O3. The Labute approximate surface area is 199 Å². The second-order valence-corrected chi connectivity index (χ2v) is 8.88. The van der Waals surface area contributed by atoms with E-state index in [1.165, 1.54) is 7.11 Å². The van der Waals surface area contributed by atoms with Crippen LogP contribution in [0.3, 0.4) is 0 Å². The zero-order chi connectivity index (χ0) is 22.5. The molecule has 0 saturated carbocycles. The molecule has 0 radical (unpaired) electrons. The fraction of sp³-hybridized carbons (Fsp3) is 0.304. The van der Waals surface area contributed by atoms with E-state index in [-0.39, 0.29) is 11.9 Å². The first kappa shape index (κ1) is 22.3. The number of alkyl carbamates (subject to hydrolysis) is 1. The molecule has 0 bridgehead atoms. The zero-order valence-corrected chi connectivity index (χ0v) is 19.8. The van der Waals surface area contributed by atoms with Crippen LogP contribution in [0.5, 0.6) is 0 Å². The van der Waals surface area contributed by atoms with Gasteiger partial charge in [0.2, 0.25) is 5.91 Å². The Morgan fingerprint density at radius 1 is 1.28 bits per heavy atom. The van der Waals surface area contributed by atoms with Crippen molar-refractivity contribution < 1.29 is 14.3 Å². The standard InChI is InChI=1S/C23H24IN5O3/c1-32-23(31)28-18(12-15-4-2-10-25-13-15)22(30)29-11-3-5-20(29)21-26-14-19(27-21)16-6-8-17(24)9-7-16/h2,4,6-10,13-14,18,20H,3,5,11-12H2,1H3,(H,26,27)(H,28,31)/t18-,20-/m0/s1. The number of aromatic amines is 1. The summed E-state index contributed by atoms with van der Waals surface area (Å²) >= 11 is 2.27. The largest absolute Gasteiger partial charge is 0.453 e. The minimum absolute atomic E-state index is 0.158. The van der Waals surface area contributed by atoms with Crippen molar-refractivity contribution in [2.75, 3.05) is 13.7 Å². The van der Waals surface area contributed by atoms with Crippen LogP contribution in [0.15, 0.2) is 55.0 Å². The molecular weight excluding hydrogens is 521 g/mol. The molecule has 2 N–H and O–H groups in total. The second kappa shape index (κ2) is 10.1. The van der Waals surface area contributed by atoms with Crippen LogP contribution < -0.4 is 5.32 Å². The molecule has 1 aliphatic heterocycles. The highest BCUT2D eigenvalue weighted by Crippen LogP contribution is 2.32. The summed E-state index contributed by atoms with van der Waals surface area (Å²) in [7, 11) is 1.29. The Morgan fingerprint density at radius 3 is 2.81 bits per heavy atom. The van der Waals surface area contributed by atoms with Gasteiger partial charge in [-0.15, -0.1) is 0 Å². The van der Waals surface area contributed by atoms with Crippen molar-refractivity contribution in [3.05, 3.63) is 69.9 Å². The van der Waals surface area contributed by atoms with Crippen molar-refractivity contribution in [2.24, 2.45) is 0 Å². The van der Waals surface area contributed by atoms with E-state index in [1.807, 2.05) is 36.4 Å². The highest BCUT2D eigenvalue weighted by Gasteiger charge is 2.36. The van der Waals surface area contributed by atoms with Gasteiger partial charge in [0.15, 0.2) is 0 Å². The number of carbonyl (C=O) groups is 2. The SMILES string of the molecule is COC(=O)N[C@@H](Cc1cccnc1)C(=O)N1CCC[C@H]1c1ncc(-c2ccc(I)cc2)[nH]1. The van der Waals surface area contributed by atoms with Crippen LogP contribution >= 0.6 is 22.6 Å². The molecule has 2 aromatic heterocycles. The summed E-state index contributed by atoms with van der Waals surface area (Å²) in [6.07, 6.45) is 6.54. The third-order valence-electron chi connectivity index (χ3n) is 5.54. The topological polar surface area (TPSA) is 100 Å². The van der Waals surface area contributed by atoms with Crippen LogP contribution in [-0.2, 0) is 16.0 Å². The quantitative estimate of drug-likeness (QED) is 0.461. The van der Waals surface area contributed by atoms with Crippen molar-refractivity contribution in [2.45, 2.75) is 31.3 Å². The summed E-state index contributed by atoms with van der Waals surface area (Å²) in [5, 5.41) is 2.69. The minimum Gasteiger partial charge on any atom is -0.453 e. The number of rotatable bonds is 6. The summed E-state index contributed by atoms with van der Waals surface area (Å²) in [5.74, 6) is 0.594. The lowest BCUT2D eigenvalue weighted by Gasteiger charge is -2.28. The lowest BCUT2D eigenvalue weighted by molar-refractivity contribution is -0.134. The predicted octanol–water partition coefficient (Wildman–Crippen LogP) is 3.71. The van der Waals surface area contributed by atoms with E-state index in [2.05, 4.69) is 42.9 Å². The zero-order valence-electron chi connectivity index (χ0n) is 17.6. The maximum atomic E-state index is 13.5. The number of likely N-dealkylation sites (tertiary alicyclic amines) is 1. The van der Waals surface area contributed by atoms with E-state index in [0.717, 1.165) is 39.1 Å². The van der Waals surface area contributed by atoms with Crippen molar-refractivity contribution in [3.63, 3.8) is 0 Å². The van der Waals surface area contributed by atoms with E-state index in [4.69, 9.17) is 4.74 Å². The Kier molecular flexibility index (Phi) is 7.03. The summed E-state index contributed by atoms with van der Waals surface area (Å²) in [6.45, 7) is 0.607. The van der Waals surface area contributed by atoms with Crippen LogP contribution in [0.1, 0.15) is 30.3 Å². The number of hydrogen-bond donors (Lipinski definition) is 2. The molecule has 1 aliphatic rings. The number of aromatic nitrogens is 3. The number of benzene rings is 1. The smallest absolute Gasteiger partial charge is 0.407 e. The van der Waals surface area contributed by atoms with Crippen LogP contribution in [0, 0.1) is 3.57 Å². The van der Waals surface area contributed by atoms with Gasteiger partial charge in [0.1, 0.15) is 11.9 Å². The molecule has 8 nitrogen and oxygen atoms in total. The number of H-pyrrole nitrogens is 1. The monoisotopic (exact) mass is 545 g/mol. The van der Waals surface area contributed by atoms with Gasteiger partial charge in [-0.2, -0.15) is 0 Å². The highest BCUT2D eigenvalue weighted by molar-refractivity contribution is 14.1. The molecule has 3 heterocycles. The van der Waals surface area contributed by atoms with Crippen LogP contribution in [0.4, 0.5) is 4.79 Å². The molecule has 166 valence electrons. The van der Waals surface area contributed by atoms with Crippen LogP contribution in [0.2, 0.25) is 0 Å². The van der Waals surface area contributed by atoms with E-state index in [1.54, 1.807) is 23.5 Å². The van der Waals surface area contributed by atoms with Crippen LogP contribution in [0.25, 0.3) is 11.3 Å². The number of nitrogens with one attached hydrogen (secondary N) is 2. The lowest BCUT2D eigenvalue weighted by atomic mass is 10.1. The van der Waals surface area contributed by atoms with Gasteiger partial charge in [-0.3, -0.25) is 9.78 Å². The number of ether oxygens (including phenoxy) is 1. The van der Waals surface area contributed by atoms with Gasteiger partial charge in [-0.25, -0.2) is 9.78 Å². The normalized spacial score (nSPS) is 16.6. The number of hydrogen-bond acceptors (Lipinski definition) is 5.